The zero-order chi connectivity index (χ0) is 14.5. The fourth-order valence-electron chi connectivity index (χ4n) is 2.60. The molecule has 1 N–H and O–H groups in total. The van der Waals surface area contributed by atoms with Gasteiger partial charge < -0.3 is 10.2 Å². The van der Waals surface area contributed by atoms with Gasteiger partial charge in [-0.05, 0) is 79.6 Å². The number of carbonyl (C=O) groups excluding carboxylic acids is 1. The molecule has 1 aromatic rings. The number of carbonyl (C=O) groups is 1. The Hall–Kier alpha value is -0.690. The Bertz CT molecular complexity index is 473. The molecule has 1 amide bonds. The molecule has 0 atom stereocenters. The molecule has 2 rings (SSSR count). The number of hydrogen-bond acceptors (Lipinski definition) is 2. The van der Waals surface area contributed by atoms with Gasteiger partial charge in [0.25, 0.3) is 5.91 Å². The van der Waals surface area contributed by atoms with Gasteiger partial charge in [0.15, 0.2) is 0 Å². The van der Waals surface area contributed by atoms with Crippen LogP contribution >= 0.6 is 22.6 Å². The summed E-state index contributed by atoms with van der Waals surface area (Å²) in [5.74, 6) is 0.303. The van der Waals surface area contributed by atoms with Crippen molar-refractivity contribution in [3.63, 3.8) is 0 Å². The van der Waals surface area contributed by atoms with Gasteiger partial charge in [0.05, 0.1) is 5.56 Å². The fourth-order valence-corrected chi connectivity index (χ4v) is 3.17. The number of nitrogens with zero attached hydrogens (tertiary/aromatic N) is 1. The number of nitrogens with one attached hydrogen (secondary N) is 1. The van der Waals surface area contributed by atoms with Gasteiger partial charge in [-0.2, -0.15) is 0 Å². The molecule has 0 aromatic heterocycles. The first-order valence-electron chi connectivity index (χ1n) is 7.00. The molecule has 0 spiro atoms. The molecule has 1 fully saturated rings. The summed E-state index contributed by atoms with van der Waals surface area (Å²) in [5, 5.41) is 3.17. The Labute approximate surface area is 133 Å². The van der Waals surface area contributed by atoms with Crippen LogP contribution in [0.2, 0.25) is 0 Å². The molecule has 1 aliphatic heterocycles. The van der Waals surface area contributed by atoms with Crippen molar-refractivity contribution >= 4 is 28.5 Å². The van der Waals surface area contributed by atoms with E-state index in [2.05, 4.69) is 27.9 Å². The minimum absolute atomic E-state index is 0.0408. The third-order valence-corrected chi connectivity index (χ3v) is 4.80. The van der Waals surface area contributed by atoms with Crippen LogP contribution in [0.25, 0.3) is 0 Å². The van der Waals surface area contributed by atoms with Crippen molar-refractivity contribution in [2.45, 2.75) is 19.3 Å². The van der Waals surface area contributed by atoms with Crippen LogP contribution in [0.5, 0.6) is 0 Å². The van der Waals surface area contributed by atoms with Crippen LogP contribution in [0.4, 0.5) is 4.39 Å². The normalized spacial score (nSPS) is 16.4. The second-order valence-corrected chi connectivity index (χ2v) is 6.41. The lowest BCUT2D eigenvalue weighted by atomic mass is 9.93. The van der Waals surface area contributed by atoms with E-state index in [4.69, 9.17) is 0 Å². The van der Waals surface area contributed by atoms with Gasteiger partial charge in [-0.3, -0.25) is 4.79 Å². The van der Waals surface area contributed by atoms with E-state index >= 15 is 0 Å². The number of halogens is 2. The van der Waals surface area contributed by atoms with Gasteiger partial charge in [0.1, 0.15) is 5.82 Å². The van der Waals surface area contributed by atoms with Crippen LogP contribution in [-0.2, 0) is 0 Å². The third-order valence-electron chi connectivity index (χ3n) is 3.86. The van der Waals surface area contributed by atoms with Crippen LogP contribution in [-0.4, -0.2) is 37.5 Å². The first kappa shape index (κ1) is 15.7. The van der Waals surface area contributed by atoms with Crippen LogP contribution in [0.3, 0.4) is 0 Å². The highest BCUT2D eigenvalue weighted by Gasteiger charge is 2.24. The largest absolute Gasteiger partial charge is 0.339 e. The predicted octanol–water partition coefficient (Wildman–Crippen LogP) is 2.89. The van der Waals surface area contributed by atoms with Gasteiger partial charge >= 0.3 is 0 Å². The van der Waals surface area contributed by atoms with Gasteiger partial charge in [0, 0.05) is 16.7 Å². The molecular weight excluding hydrogens is 370 g/mol. The van der Waals surface area contributed by atoms with Crippen LogP contribution in [0.15, 0.2) is 18.2 Å². The van der Waals surface area contributed by atoms with E-state index in [1.54, 1.807) is 6.07 Å². The Balaban J connectivity index is 1.96. The minimum Gasteiger partial charge on any atom is -0.339 e. The second kappa shape index (κ2) is 7.36. The Morgan fingerprint density at radius 3 is 2.80 bits per heavy atom. The topological polar surface area (TPSA) is 32.3 Å². The molecule has 1 aliphatic rings. The average Bonchev–Trinajstić information content (AvgIpc) is 2.47. The molecular formula is C15H20FIN2O. The van der Waals surface area contributed by atoms with Crippen LogP contribution < -0.4 is 5.32 Å². The van der Waals surface area contributed by atoms with Crippen molar-refractivity contribution in [2.75, 3.05) is 26.7 Å². The van der Waals surface area contributed by atoms with Crippen molar-refractivity contribution in [3.8, 4) is 0 Å². The molecule has 0 saturated carbocycles. The van der Waals surface area contributed by atoms with Crippen molar-refractivity contribution in [1.29, 1.82) is 0 Å². The zero-order valence-corrected chi connectivity index (χ0v) is 13.8. The van der Waals surface area contributed by atoms with Gasteiger partial charge in [0.2, 0.25) is 0 Å². The minimum atomic E-state index is -0.349. The quantitative estimate of drug-likeness (QED) is 0.803. The maximum Gasteiger partial charge on any atom is 0.255 e. The van der Waals surface area contributed by atoms with Gasteiger partial charge in [-0.1, -0.05) is 0 Å². The SMILES string of the molecule is CNCCC1CCN(C(=O)c2cc(F)ccc2I)CC1. The van der Waals surface area contributed by atoms with Crippen molar-refractivity contribution in [3.05, 3.63) is 33.1 Å². The Morgan fingerprint density at radius 2 is 2.15 bits per heavy atom. The number of hydrogen-bond donors (Lipinski definition) is 1. The Morgan fingerprint density at radius 1 is 1.45 bits per heavy atom. The molecule has 1 saturated heterocycles. The van der Waals surface area contributed by atoms with E-state index < -0.39 is 0 Å². The molecule has 0 unspecified atom stereocenters. The molecule has 0 aliphatic carbocycles. The van der Waals surface area contributed by atoms with E-state index in [0.717, 1.165) is 42.5 Å². The van der Waals surface area contributed by atoms with E-state index in [1.807, 2.05) is 11.9 Å². The highest BCUT2D eigenvalue weighted by atomic mass is 127. The molecule has 20 heavy (non-hydrogen) atoms. The van der Waals surface area contributed by atoms with Crippen LogP contribution in [0, 0.1) is 15.3 Å². The van der Waals surface area contributed by atoms with E-state index in [1.165, 1.54) is 12.1 Å². The summed E-state index contributed by atoms with van der Waals surface area (Å²) in [7, 11) is 1.96. The van der Waals surface area contributed by atoms with E-state index in [-0.39, 0.29) is 11.7 Å². The summed E-state index contributed by atoms with van der Waals surface area (Å²) in [4.78, 5) is 14.3. The molecule has 3 nitrogen and oxygen atoms in total. The summed E-state index contributed by atoms with van der Waals surface area (Å²) in [6.45, 7) is 2.58. The lowest BCUT2D eigenvalue weighted by Gasteiger charge is -2.32. The molecule has 5 heteroatoms. The zero-order valence-electron chi connectivity index (χ0n) is 11.7. The number of amides is 1. The number of piperidine rings is 1. The van der Waals surface area contributed by atoms with Crippen molar-refractivity contribution < 1.29 is 9.18 Å². The molecule has 0 radical (unpaired) electrons. The summed E-state index contributed by atoms with van der Waals surface area (Å²) >= 11 is 2.09. The summed E-state index contributed by atoms with van der Waals surface area (Å²) in [6, 6.07) is 4.39. The summed E-state index contributed by atoms with van der Waals surface area (Å²) in [5.41, 5.74) is 0.485. The van der Waals surface area contributed by atoms with Gasteiger partial charge in [-0.25, -0.2) is 4.39 Å². The fraction of sp³-hybridized carbons (Fsp3) is 0.533. The highest BCUT2D eigenvalue weighted by Crippen LogP contribution is 2.23. The lowest BCUT2D eigenvalue weighted by Crippen LogP contribution is -2.39. The van der Waals surface area contributed by atoms with E-state index in [0.29, 0.717) is 11.5 Å². The third kappa shape index (κ3) is 3.91. The molecule has 1 heterocycles. The molecule has 110 valence electrons. The number of rotatable bonds is 4. The maximum absolute atomic E-state index is 13.3. The first-order valence-corrected chi connectivity index (χ1v) is 8.08. The van der Waals surface area contributed by atoms with Crippen molar-refractivity contribution in [1.82, 2.24) is 10.2 Å². The smallest absolute Gasteiger partial charge is 0.255 e. The Kier molecular flexibility index (Phi) is 5.77. The average molecular weight is 390 g/mol. The van der Waals surface area contributed by atoms with Gasteiger partial charge in [-0.15, -0.1) is 0 Å². The first-order chi connectivity index (χ1) is 9.61. The monoisotopic (exact) mass is 390 g/mol. The number of benzene rings is 1. The van der Waals surface area contributed by atoms with Crippen LogP contribution in [0.1, 0.15) is 29.6 Å². The number of likely N-dealkylation sites (tertiary alicyclic amines) is 1. The summed E-state index contributed by atoms with van der Waals surface area (Å²) < 4.78 is 14.1. The lowest BCUT2D eigenvalue weighted by molar-refractivity contribution is 0.0685. The predicted molar refractivity (Wildman–Crippen MR) is 86.3 cm³/mol. The van der Waals surface area contributed by atoms with Crippen molar-refractivity contribution in [2.24, 2.45) is 5.92 Å². The maximum atomic E-state index is 13.3. The highest BCUT2D eigenvalue weighted by molar-refractivity contribution is 14.1. The molecule has 1 aromatic carbocycles. The summed E-state index contributed by atoms with van der Waals surface area (Å²) in [6.07, 6.45) is 3.24. The second-order valence-electron chi connectivity index (χ2n) is 5.25. The molecule has 0 bridgehead atoms. The van der Waals surface area contributed by atoms with E-state index in [9.17, 15) is 9.18 Å². The standard InChI is InChI=1S/C15H20FIN2O/c1-18-7-4-11-5-8-19(9-6-11)15(20)13-10-12(16)2-3-14(13)17/h2-3,10-11,18H,4-9H2,1H3.